The second kappa shape index (κ2) is 6.11. The summed E-state index contributed by atoms with van der Waals surface area (Å²) >= 11 is 0. The molecule has 2 aromatic rings. The molecule has 1 aliphatic rings. The number of fused-ring (bicyclic) bond motifs is 1. The summed E-state index contributed by atoms with van der Waals surface area (Å²) in [5, 5.41) is 1.22. The first-order chi connectivity index (χ1) is 11.2. The van der Waals surface area contributed by atoms with Crippen LogP contribution in [0.25, 0.3) is 10.9 Å². The van der Waals surface area contributed by atoms with Gasteiger partial charge in [-0.2, -0.15) is 0 Å². The number of likely N-dealkylation sites (tertiary alicyclic amines) is 1. The molecule has 0 bridgehead atoms. The first kappa shape index (κ1) is 16.8. The Labute approximate surface area is 143 Å². The highest BCUT2D eigenvalue weighted by molar-refractivity contribution is 5.83. The van der Waals surface area contributed by atoms with Crippen LogP contribution in [0.2, 0.25) is 0 Å². The molecule has 1 amide bonds. The molecule has 1 unspecified atom stereocenters. The maximum Gasteiger partial charge on any atom is 0.410 e. The van der Waals surface area contributed by atoms with Crippen molar-refractivity contribution in [3.8, 4) is 0 Å². The van der Waals surface area contributed by atoms with Crippen LogP contribution < -0.4 is 0 Å². The molecular formula is C19H27N3O2. The van der Waals surface area contributed by atoms with E-state index in [1.54, 1.807) is 0 Å². The Morgan fingerprint density at radius 1 is 1.38 bits per heavy atom. The standard InChI is InChI=1S/C19H27N3O2/c1-13-11-14-8-10-21(5)17(14)16(20-13)15-7-6-9-22(12-15)18(23)24-19(2,3)4/h8,10-11,15H,6-7,9,12H2,1-5H3. The van der Waals surface area contributed by atoms with Crippen molar-refractivity contribution >= 4 is 17.0 Å². The Morgan fingerprint density at radius 2 is 2.12 bits per heavy atom. The first-order valence-electron chi connectivity index (χ1n) is 8.65. The van der Waals surface area contributed by atoms with Crippen molar-refractivity contribution in [2.24, 2.45) is 7.05 Å². The number of nitrogens with zero attached hydrogens (tertiary/aromatic N) is 3. The normalized spacial score (nSPS) is 18.9. The lowest BCUT2D eigenvalue weighted by molar-refractivity contribution is 0.0197. The zero-order chi connectivity index (χ0) is 17.5. The van der Waals surface area contributed by atoms with Crippen LogP contribution in [0.1, 0.15) is 50.9 Å². The van der Waals surface area contributed by atoms with Crippen LogP contribution in [-0.4, -0.2) is 39.2 Å². The number of carbonyl (C=O) groups is 1. The highest BCUT2D eigenvalue weighted by Crippen LogP contribution is 2.32. The van der Waals surface area contributed by atoms with E-state index >= 15 is 0 Å². The molecule has 0 radical (unpaired) electrons. The molecule has 130 valence electrons. The quantitative estimate of drug-likeness (QED) is 0.794. The first-order valence-corrected chi connectivity index (χ1v) is 8.65. The summed E-state index contributed by atoms with van der Waals surface area (Å²) in [7, 11) is 2.05. The highest BCUT2D eigenvalue weighted by atomic mass is 16.6. The summed E-state index contributed by atoms with van der Waals surface area (Å²) in [6.07, 6.45) is 3.88. The highest BCUT2D eigenvalue weighted by Gasteiger charge is 2.30. The minimum absolute atomic E-state index is 0.219. The molecule has 1 atom stereocenters. The topological polar surface area (TPSA) is 47.4 Å². The third-order valence-electron chi connectivity index (χ3n) is 4.47. The Balaban J connectivity index is 1.88. The lowest BCUT2D eigenvalue weighted by Gasteiger charge is -2.34. The number of aromatic nitrogens is 2. The maximum atomic E-state index is 12.4. The summed E-state index contributed by atoms with van der Waals surface area (Å²) in [6.45, 7) is 9.18. The molecule has 0 spiro atoms. The van der Waals surface area contributed by atoms with Gasteiger partial charge in [0, 0.05) is 43.3 Å². The number of hydrogen-bond acceptors (Lipinski definition) is 3. The molecule has 0 aromatic carbocycles. The van der Waals surface area contributed by atoms with Crippen LogP contribution in [0, 0.1) is 6.92 Å². The van der Waals surface area contributed by atoms with E-state index in [4.69, 9.17) is 9.72 Å². The van der Waals surface area contributed by atoms with Gasteiger partial charge in [-0.3, -0.25) is 4.98 Å². The van der Waals surface area contributed by atoms with E-state index in [-0.39, 0.29) is 12.0 Å². The molecule has 3 rings (SSSR count). The van der Waals surface area contributed by atoms with Gasteiger partial charge in [-0.15, -0.1) is 0 Å². The lowest BCUT2D eigenvalue weighted by Crippen LogP contribution is -2.42. The van der Waals surface area contributed by atoms with Crippen molar-refractivity contribution in [1.29, 1.82) is 0 Å². The molecule has 1 fully saturated rings. The number of pyridine rings is 1. The summed E-state index contributed by atoms with van der Waals surface area (Å²) < 4.78 is 7.67. The van der Waals surface area contributed by atoms with Gasteiger partial charge in [-0.25, -0.2) is 4.79 Å². The van der Waals surface area contributed by atoms with Crippen molar-refractivity contribution < 1.29 is 9.53 Å². The monoisotopic (exact) mass is 329 g/mol. The molecule has 5 nitrogen and oxygen atoms in total. The molecule has 2 aromatic heterocycles. The fraction of sp³-hybridized carbons (Fsp3) is 0.579. The number of hydrogen-bond donors (Lipinski definition) is 0. The fourth-order valence-corrected chi connectivity index (χ4v) is 3.47. The number of aryl methyl sites for hydroxylation is 2. The van der Waals surface area contributed by atoms with Crippen molar-refractivity contribution in [1.82, 2.24) is 14.5 Å². The summed E-state index contributed by atoms with van der Waals surface area (Å²) in [6, 6.07) is 4.25. The van der Waals surface area contributed by atoms with Gasteiger partial charge in [-0.1, -0.05) is 0 Å². The predicted molar refractivity (Wildman–Crippen MR) is 95.2 cm³/mol. The summed E-state index contributed by atoms with van der Waals surface area (Å²) in [5.74, 6) is 0.252. The van der Waals surface area contributed by atoms with Crippen LogP contribution in [0.3, 0.4) is 0 Å². The number of amides is 1. The van der Waals surface area contributed by atoms with Gasteiger partial charge in [0.2, 0.25) is 0 Å². The van der Waals surface area contributed by atoms with E-state index in [9.17, 15) is 4.79 Å². The van der Waals surface area contributed by atoms with Crippen molar-refractivity contribution in [3.05, 3.63) is 29.7 Å². The largest absolute Gasteiger partial charge is 0.444 e. The molecule has 0 aliphatic carbocycles. The van der Waals surface area contributed by atoms with Gasteiger partial charge in [0.1, 0.15) is 5.60 Å². The maximum absolute atomic E-state index is 12.4. The number of ether oxygens (including phenoxy) is 1. The molecule has 3 heterocycles. The van der Waals surface area contributed by atoms with Gasteiger partial charge in [0.05, 0.1) is 11.2 Å². The van der Waals surface area contributed by atoms with E-state index in [2.05, 4.69) is 29.9 Å². The number of rotatable bonds is 1. The van der Waals surface area contributed by atoms with Crippen molar-refractivity contribution in [2.45, 2.75) is 52.1 Å². The van der Waals surface area contributed by atoms with E-state index in [0.717, 1.165) is 30.8 Å². The average molecular weight is 329 g/mol. The molecule has 24 heavy (non-hydrogen) atoms. The zero-order valence-electron chi connectivity index (χ0n) is 15.3. The second-order valence-electron chi connectivity index (χ2n) is 7.78. The molecule has 0 N–H and O–H groups in total. The van der Waals surface area contributed by atoms with Gasteiger partial charge in [0.15, 0.2) is 0 Å². The van der Waals surface area contributed by atoms with Crippen LogP contribution in [0.4, 0.5) is 4.79 Å². The number of carbonyl (C=O) groups excluding carboxylic acids is 1. The average Bonchev–Trinajstić information content (AvgIpc) is 2.86. The second-order valence-corrected chi connectivity index (χ2v) is 7.78. The van der Waals surface area contributed by atoms with E-state index in [1.165, 1.54) is 10.9 Å². The third-order valence-corrected chi connectivity index (χ3v) is 4.47. The van der Waals surface area contributed by atoms with E-state index in [1.807, 2.05) is 32.6 Å². The van der Waals surface area contributed by atoms with Gasteiger partial charge in [0.25, 0.3) is 0 Å². The fourth-order valence-electron chi connectivity index (χ4n) is 3.47. The minimum Gasteiger partial charge on any atom is -0.444 e. The van der Waals surface area contributed by atoms with Gasteiger partial charge < -0.3 is 14.2 Å². The Morgan fingerprint density at radius 3 is 2.83 bits per heavy atom. The van der Waals surface area contributed by atoms with Crippen molar-refractivity contribution in [3.63, 3.8) is 0 Å². The van der Waals surface area contributed by atoms with Gasteiger partial charge in [-0.05, 0) is 52.7 Å². The van der Waals surface area contributed by atoms with Crippen LogP contribution in [0.5, 0.6) is 0 Å². The predicted octanol–water partition coefficient (Wildman–Crippen LogP) is 4.00. The molecule has 5 heteroatoms. The van der Waals surface area contributed by atoms with E-state index < -0.39 is 5.60 Å². The summed E-state index contributed by atoms with van der Waals surface area (Å²) in [4.78, 5) is 19.1. The molecular weight excluding hydrogens is 302 g/mol. The smallest absolute Gasteiger partial charge is 0.410 e. The Bertz CT molecular complexity index is 758. The zero-order valence-corrected chi connectivity index (χ0v) is 15.3. The molecule has 1 aliphatic heterocycles. The van der Waals surface area contributed by atoms with Crippen molar-refractivity contribution in [2.75, 3.05) is 13.1 Å². The molecule has 0 saturated carbocycles. The third kappa shape index (κ3) is 3.40. The molecule has 1 saturated heterocycles. The lowest BCUT2D eigenvalue weighted by atomic mass is 9.93. The minimum atomic E-state index is -0.461. The van der Waals surface area contributed by atoms with E-state index in [0.29, 0.717) is 6.54 Å². The summed E-state index contributed by atoms with van der Waals surface area (Å²) in [5.41, 5.74) is 2.84. The van der Waals surface area contributed by atoms with Crippen LogP contribution in [0.15, 0.2) is 18.3 Å². The Hall–Kier alpha value is -2.04. The van der Waals surface area contributed by atoms with Gasteiger partial charge >= 0.3 is 6.09 Å². The Kier molecular flexibility index (Phi) is 4.28. The van der Waals surface area contributed by atoms with Crippen LogP contribution in [-0.2, 0) is 11.8 Å². The van der Waals surface area contributed by atoms with Crippen LogP contribution >= 0.6 is 0 Å². The SMILES string of the molecule is Cc1cc2ccn(C)c2c(C2CCCN(C(=O)OC(C)(C)C)C2)n1. The number of piperidine rings is 1.